The summed E-state index contributed by atoms with van der Waals surface area (Å²) >= 11 is 0. The third-order valence-electron chi connectivity index (χ3n) is 3.04. The fraction of sp³-hybridized carbons (Fsp3) is 0.500. The third kappa shape index (κ3) is 5.03. The maximum atomic E-state index is 12.1. The quantitative estimate of drug-likeness (QED) is 0.594. The molecule has 0 saturated heterocycles. The molecule has 0 unspecified atom stereocenters. The van der Waals surface area contributed by atoms with Gasteiger partial charge in [0.2, 0.25) is 5.91 Å². The van der Waals surface area contributed by atoms with Crippen molar-refractivity contribution in [2.75, 3.05) is 6.54 Å². The van der Waals surface area contributed by atoms with Crippen LogP contribution in [-0.2, 0) is 4.79 Å². The molecule has 1 amide bonds. The van der Waals surface area contributed by atoms with E-state index in [4.69, 9.17) is 0 Å². The van der Waals surface area contributed by atoms with Crippen LogP contribution in [0.15, 0.2) is 29.3 Å². The molecule has 0 bridgehead atoms. The van der Waals surface area contributed by atoms with Gasteiger partial charge in [-0.25, -0.2) is 0 Å². The molecule has 0 aromatic heterocycles. The van der Waals surface area contributed by atoms with Gasteiger partial charge < -0.3 is 10.4 Å². The molecule has 1 aromatic carbocycles. The SMILES string of the molecule is CCCCNC(=O)[C@@H](/N=C/c1ccccc1O)C(C)C. The highest BCUT2D eigenvalue weighted by Crippen LogP contribution is 2.14. The number of phenolic OH excluding ortho intramolecular Hbond substituents is 1. The summed E-state index contributed by atoms with van der Waals surface area (Å²) in [5.41, 5.74) is 0.625. The number of hydrogen-bond donors (Lipinski definition) is 2. The molecule has 0 heterocycles. The number of amides is 1. The lowest BCUT2D eigenvalue weighted by atomic mass is 10.0. The van der Waals surface area contributed by atoms with Gasteiger partial charge in [0.05, 0.1) is 0 Å². The molecule has 1 atom stereocenters. The summed E-state index contributed by atoms with van der Waals surface area (Å²) in [5, 5.41) is 12.6. The van der Waals surface area contributed by atoms with Crippen molar-refractivity contribution in [3.8, 4) is 5.75 Å². The van der Waals surface area contributed by atoms with E-state index in [0.717, 1.165) is 12.8 Å². The van der Waals surface area contributed by atoms with E-state index < -0.39 is 6.04 Å². The molecule has 0 aliphatic heterocycles. The standard InChI is InChI=1S/C16H24N2O2/c1-4-5-10-17-16(20)15(12(2)3)18-11-13-8-6-7-9-14(13)19/h6-9,11-12,15,19H,4-5,10H2,1-3H3,(H,17,20)/b18-11+/t15-/m0/s1. The topological polar surface area (TPSA) is 61.7 Å². The number of nitrogens with one attached hydrogen (secondary N) is 1. The molecule has 110 valence electrons. The Balaban J connectivity index is 2.72. The fourth-order valence-electron chi connectivity index (χ4n) is 1.79. The van der Waals surface area contributed by atoms with Crippen LogP contribution in [0, 0.1) is 5.92 Å². The number of unbranched alkanes of at least 4 members (excludes halogenated alkanes) is 1. The second-order valence-electron chi connectivity index (χ2n) is 5.17. The zero-order valence-electron chi connectivity index (χ0n) is 12.5. The molecule has 0 radical (unpaired) electrons. The summed E-state index contributed by atoms with van der Waals surface area (Å²) in [6.45, 7) is 6.70. The molecule has 2 N–H and O–H groups in total. The number of aliphatic imine (C=N–C) groups is 1. The van der Waals surface area contributed by atoms with Crippen LogP contribution in [0.3, 0.4) is 0 Å². The number of phenols is 1. The van der Waals surface area contributed by atoms with Gasteiger partial charge in [0, 0.05) is 18.3 Å². The second kappa shape index (κ2) is 8.35. The molecule has 0 aliphatic carbocycles. The van der Waals surface area contributed by atoms with E-state index >= 15 is 0 Å². The van der Waals surface area contributed by atoms with Crippen molar-refractivity contribution in [3.63, 3.8) is 0 Å². The average molecular weight is 276 g/mol. The predicted octanol–water partition coefficient (Wildman–Crippen LogP) is 2.75. The number of rotatable bonds is 7. The van der Waals surface area contributed by atoms with E-state index in [0.29, 0.717) is 12.1 Å². The van der Waals surface area contributed by atoms with Crippen molar-refractivity contribution >= 4 is 12.1 Å². The maximum Gasteiger partial charge on any atom is 0.245 e. The molecule has 0 spiro atoms. The van der Waals surface area contributed by atoms with Crippen molar-refractivity contribution < 1.29 is 9.90 Å². The predicted molar refractivity (Wildman–Crippen MR) is 82.2 cm³/mol. The first-order chi connectivity index (χ1) is 9.56. The van der Waals surface area contributed by atoms with Crippen molar-refractivity contribution in [3.05, 3.63) is 29.8 Å². The highest BCUT2D eigenvalue weighted by atomic mass is 16.3. The minimum absolute atomic E-state index is 0.0554. The molecule has 0 fully saturated rings. The molecule has 1 rings (SSSR count). The molecule has 0 saturated carbocycles. The molecule has 0 aliphatic rings. The van der Waals surface area contributed by atoms with Crippen LogP contribution in [0.1, 0.15) is 39.2 Å². The van der Waals surface area contributed by atoms with Crippen LogP contribution in [-0.4, -0.2) is 29.8 Å². The summed E-state index contributed by atoms with van der Waals surface area (Å²) in [7, 11) is 0. The fourth-order valence-corrected chi connectivity index (χ4v) is 1.79. The Morgan fingerprint density at radius 3 is 2.70 bits per heavy atom. The lowest BCUT2D eigenvalue weighted by Crippen LogP contribution is -2.37. The van der Waals surface area contributed by atoms with Gasteiger partial charge >= 0.3 is 0 Å². The van der Waals surface area contributed by atoms with Crippen LogP contribution >= 0.6 is 0 Å². The lowest BCUT2D eigenvalue weighted by molar-refractivity contribution is -0.123. The van der Waals surface area contributed by atoms with Gasteiger partial charge in [-0.2, -0.15) is 0 Å². The Labute approximate surface area is 120 Å². The molecular weight excluding hydrogens is 252 g/mol. The minimum atomic E-state index is -0.425. The molecule has 4 heteroatoms. The van der Waals surface area contributed by atoms with Gasteiger partial charge in [-0.05, 0) is 24.5 Å². The van der Waals surface area contributed by atoms with Gasteiger partial charge in [0.15, 0.2) is 0 Å². The monoisotopic (exact) mass is 276 g/mol. The summed E-state index contributed by atoms with van der Waals surface area (Å²) in [6.07, 6.45) is 3.59. The number of aromatic hydroxyl groups is 1. The third-order valence-corrected chi connectivity index (χ3v) is 3.04. The van der Waals surface area contributed by atoms with E-state index in [1.165, 1.54) is 0 Å². The Hall–Kier alpha value is -1.84. The van der Waals surface area contributed by atoms with Crippen molar-refractivity contribution in [1.82, 2.24) is 5.32 Å². The number of carbonyl (C=O) groups is 1. The van der Waals surface area contributed by atoms with Gasteiger partial charge in [-0.3, -0.25) is 9.79 Å². The number of carbonyl (C=O) groups excluding carboxylic acids is 1. The summed E-state index contributed by atoms with van der Waals surface area (Å²) < 4.78 is 0. The number of hydrogen-bond acceptors (Lipinski definition) is 3. The minimum Gasteiger partial charge on any atom is -0.507 e. The highest BCUT2D eigenvalue weighted by Gasteiger charge is 2.20. The van der Waals surface area contributed by atoms with Crippen LogP contribution in [0.2, 0.25) is 0 Å². The number of benzene rings is 1. The zero-order valence-corrected chi connectivity index (χ0v) is 12.5. The smallest absolute Gasteiger partial charge is 0.245 e. The van der Waals surface area contributed by atoms with Crippen LogP contribution in [0.25, 0.3) is 0 Å². The van der Waals surface area contributed by atoms with Gasteiger partial charge in [-0.15, -0.1) is 0 Å². The van der Waals surface area contributed by atoms with Crippen LogP contribution < -0.4 is 5.32 Å². The Morgan fingerprint density at radius 1 is 1.40 bits per heavy atom. The van der Waals surface area contributed by atoms with Crippen LogP contribution in [0.5, 0.6) is 5.75 Å². The van der Waals surface area contributed by atoms with E-state index in [-0.39, 0.29) is 17.6 Å². The molecular formula is C16H24N2O2. The largest absolute Gasteiger partial charge is 0.507 e. The average Bonchev–Trinajstić information content (AvgIpc) is 2.41. The molecule has 1 aromatic rings. The van der Waals surface area contributed by atoms with Gasteiger partial charge in [0.25, 0.3) is 0 Å². The lowest BCUT2D eigenvalue weighted by Gasteiger charge is -2.16. The number of para-hydroxylation sites is 1. The van der Waals surface area contributed by atoms with Gasteiger partial charge in [-0.1, -0.05) is 39.3 Å². The summed E-state index contributed by atoms with van der Waals surface area (Å²) in [4.78, 5) is 16.4. The van der Waals surface area contributed by atoms with E-state index in [1.807, 2.05) is 19.9 Å². The second-order valence-corrected chi connectivity index (χ2v) is 5.17. The van der Waals surface area contributed by atoms with E-state index in [2.05, 4.69) is 17.2 Å². The first-order valence-corrected chi connectivity index (χ1v) is 7.15. The number of nitrogens with zero attached hydrogens (tertiary/aromatic N) is 1. The first kappa shape index (κ1) is 16.2. The molecule has 4 nitrogen and oxygen atoms in total. The Morgan fingerprint density at radius 2 is 2.10 bits per heavy atom. The normalized spacial score (nSPS) is 12.8. The first-order valence-electron chi connectivity index (χ1n) is 7.15. The van der Waals surface area contributed by atoms with Crippen molar-refractivity contribution in [2.45, 2.75) is 39.7 Å². The molecule has 20 heavy (non-hydrogen) atoms. The van der Waals surface area contributed by atoms with Crippen molar-refractivity contribution in [2.24, 2.45) is 10.9 Å². The highest BCUT2D eigenvalue weighted by molar-refractivity contribution is 5.88. The summed E-state index contributed by atoms with van der Waals surface area (Å²) in [6, 6.07) is 6.53. The Bertz CT molecular complexity index is 456. The zero-order chi connectivity index (χ0) is 15.0. The van der Waals surface area contributed by atoms with Gasteiger partial charge in [0.1, 0.15) is 11.8 Å². The van der Waals surface area contributed by atoms with Crippen molar-refractivity contribution in [1.29, 1.82) is 0 Å². The van der Waals surface area contributed by atoms with E-state index in [1.54, 1.807) is 24.4 Å². The van der Waals surface area contributed by atoms with E-state index in [9.17, 15) is 9.90 Å². The summed E-state index contributed by atoms with van der Waals surface area (Å²) in [5.74, 6) is 0.226. The Kier molecular flexibility index (Phi) is 6.77. The van der Waals surface area contributed by atoms with Crippen LogP contribution in [0.4, 0.5) is 0 Å². The maximum absolute atomic E-state index is 12.1.